The second-order valence-electron chi connectivity index (χ2n) is 6.07. The highest BCUT2D eigenvalue weighted by Gasteiger charge is 2.12. The number of nitrogens with one attached hydrogen (secondary N) is 1. The van der Waals surface area contributed by atoms with Gasteiger partial charge < -0.3 is 5.32 Å². The highest BCUT2D eigenvalue weighted by atomic mass is 16.1. The lowest BCUT2D eigenvalue weighted by atomic mass is 9.96. The first kappa shape index (κ1) is 16.3. The van der Waals surface area contributed by atoms with Gasteiger partial charge in [-0.15, -0.1) is 0 Å². The van der Waals surface area contributed by atoms with Crippen LogP contribution >= 0.6 is 0 Å². The molecule has 2 heteroatoms. The Morgan fingerprint density at radius 2 is 1.64 bits per heavy atom. The van der Waals surface area contributed by atoms with E-state index in [4.69, 9.17) is 0 Å². The van der Waals surface area contributed by atoms with E-state index in [0.29, 0.717) is 6.42 Å². The first-order valence-corrected chi connectivity index (χ1v) is 7.88. The number of aryl methyl sites for hydroxylation is 4. The van der Waals surface area contributed by atoms with Crippen molar-refractivity contribution in [1.82, 2.24) is 5.32 Å². The summed E-state index contributed by atoms with van der Waals surface area (Å²) in [5, 5.41) is 3.11. The van der Waals surface area contributed by atoms with E-state index in [9.17, 15) is 4.79 Å². The molecule has 22 heavy (non-hydrogen) atoms. The van der Waals surface area contributed by atoms with Crippen molar-refractivity contribution >= 4 is 5.91 Å². The summed E-state index contributed by atoms with van der Waals surface area (Å²) in [6.07, 6.45) is 1.31. The van der Waals surface area contributed by atoms with Gasteiger partial charge in [0, 0.05) is 6.42 Å². The van der Waals surface area contributed by atoms with Crippen molar-refractivity contribution in [2.75, 3.05) is 0 Å². The summed E-state index contributed by atoms with van der Waals surface area (Å²) < 4.78 is 0. The number of amides is 1. The van der Waals surface area contributed by atoms with Crippen LogP contribution in [0.3, 0.4) is 0 Å². The van der Waals surface area contributed by atoms with Gasteiger partial charge in [-0.3, -0.25) is 4.79 Å². The first-order chi connectivity index (χ1) is 10.5. The van der Waals surface area contributed by atoms with E-state index in [1.807, 2.05) is 18.2 Å². The molecule has 1 N–H and O–H groups in total. The minimum absolute atomic E-state index is 0.0440. The largest absolute Gasteiger partial charge is 0.350 e. The average molecular weight is 295 g/mol. The zero-order valence-corrected chi connectivity index (χ0v) is 13.9. The lowest BCUT2D eigenvalue weighted by Crippen LogP contribution is -2.27. The Morgan fingerprint density at radius 1 is 1.00 bits per heavy atom. The maximum Gasteiger partial charge on any atom is 0.220 e. The van der Waals surface area contributed by atoms with E-state index in [-0.39, 0.29) is 11.9 Å². The quantitative estimate of drug-likeness (QED) is 0.869. The summed E-state index contributed by atoms with van der Waals surface area (Å²) in [6, 6.07) is 14.6. The molecule has 116 valence electrons. The topological polar surface area (TPSA) is 29.1 Å². The Hall–Kier alpha value is -2.09. The van der Waals surface area contributed by atoms with Crippen LogP contribution in [-0.2, 0) is 11.2 Å². The summed E-state index contributed by atoms with van der Waals surface area (Å²) in [6.45, 7) is 8.39. The Balaban J connectivity index is 1.95. The van der Waals surface area contributed by atoms with E-state index in [0.717, 1.165) is 6.42 Å². The number of carbonyl (C=O) groups is 1. The molecule has 0 aliphatic heterocycles. The Kier molecular flexibility index (Phi) is 5.37. The fourth-order valence-corrected chi connectivity index (χ4v) is 2.74. The number of hydrogen-bond acceptors (Lipinski definition) is 1. The smallest absolute Gasteiger partial charge is 0.220 e. The summed E-state index contributed by atoms with van der Waals surface area (Å²) in [4.78, 5) is 12.2. The minimum Gasteiger partial charge on any atom is -0.350 e. The number of benzene rings is 2. The van der Waals surface area contributed by atoms with Crippen LogP contribution in [0.4, 0.5) is 0 Å². The molecule has 0 saturated carbocycles. The summed E-state index contributed by atoms with van der Waals surface area (Å²) in [5.41, 5.74) is 6.21. The lowest BCUT2D eigenvalue weighted by molar-refractivity contribution is -0.121. The SMILES string of the molecule is Cc1cc(C)c(C(C)NC(=O)CCc2ccccc2)cc1C. The summed E-state index contributed by atoms with van der Waals surface area (Å²) >= 11 is 0. The van der Waals surface area contributed by atoms with Gasteiger partial charge >= 0.3 is 0 Å². The summed E-state index contributed by atoms with van der Waals surface area (Å²) in [7, 11) is 0. The molecule has 0 fully saturated rings. The average Bonchev–Trinajstić information content (AvgIpc) is 2.50. The van der Waals surface area contributed by atoms with Crippen molar-refractivity contribution in [1.29, 1.82) is 0 Å². The third-order valence-corrected chi connectivity index (χ3v) is 4.21. The highest BCUT2D eigenvalue weighted by molar-refractivity contribution is 5.76. The molecule has 0 radical (unpaired) electrons. The zero-order valence-electron chi connectivity index (χ0n) is 13.9. The van der Waals surface area contributed by atoms with Crippen LogP contribution in [0.2, 0.25) is 0 Å². The van der Waals surface area contributed by atoms with Crippen LogP contribution in [-0.4, -0.2) is 5.91 Å². The normalized spacial score (nSPS) is 12.0. The van der Waals surface area contributed by atoms with Gasteiger partial charge in [0.05, 0.1) is 6.04 Å². The summed E-state index contributed by atoms with van der Waals surface area (Å²) in [5.74, 6) is 0.106. The molecule has 0 aliphatic rings. The number of rotatable bonds is 5. The van der Waals surface area contributed by atoms with Crippen LogP contribution in [0.15, 0.2) is 42.5 Å². The van der Waals surface area contributed by atoms with E-state index >= 15 is 0 Å². The molecule has 0 saturated heterocycles. The maximum absolute atomic E-state index is 12.2. The van der Waals surface area contributed by atoms with Gasteiger partial charge in [-0.2, -0.15) is 0 Å². The van der Waals surface area contributed by atoms with Crippen LogP contribution < -0.4 is 5.32 Å². The molecular formula is C20H25NO. The van der Waals surface area contributed by atoms with Crippen LogP contribution in [0.25, 0.3) is 0 Å². The molecule has 1 atom stereocenters. The van der Waals surface area contributed by atoms with Gasteiger partial charge in [-0.25, -0.2) is 0 Å². The van der Waals surface area contributed by atoms with Gasteiger partial charge in [0.15, 0.2) is 0 Å². The Morgan fingerprint density at radius 3 is 2.32 bits per heavy atom. The van der Waals surface area contributed by atoms with Crippen molar-refractivity contribution in [3.05, 3.63) is 70.3 Å². The third-order valence-electron chi connectivity index (χ3n) is 4.21. The third kappa shape index (κ3) is 4.20. The first-order valence-electron chi connectivity index (χ1n) is 7.88. The standard InChI is InChI=1S/C20H25NO/c1-14-12-16(3)19(13-15(14)2)17(4)21-20(22)11-10-18-8-6-5-7-9-18/h5-9,12-13,17H,10-11H2,1-4H3,(H,21,22). The molecule has 1 unspecified atom stereocenters. The highest BCUT2D eigenvalue weighted by Crippen LogP contribution is 2.21. The van der Waals surface area contributed by atoms with Crippen LogP contribution in [0, 0.1) is 20.8 Å². The molecule has 0 heterocycles. The van der Waals surface area contributed by atoms with Gasteiger partial charge in [-0.05, 0) is 61.9 Å². The molecule has 2 aromatic rings. The van der Waals surface area contributed by atoms with Crippen LogP contribution in [0.1, 0.15) is 47.2 Å². The van der Waals surface area contributed by atoms with Crippen LogP contribution in [0.5, 0.6) is 0 Å². The van der Waals surface area contributed by atoms with E-state index in [1.165, 1.54) is 27.8 Å². The van der Waals surface area contributed by atoms with Crippen molar-refractivity contribution in [2.24, 2.45) is 0 Å². The fourth-order valence-electron chi connectivity index (χ4n) is 2.74. The predicted molar refractivity (Wildman–Crippen MR) is 92.0 cm³/mol. The molecule has 0 bridgehead atoms. The van der Waals surface area contributed by atoms with Gasteiger partial charge in [0.25, 0.3) is 0 Å². The van der Waals surface area contributed by atoms with E-state index in [2.05, 4.69) is 57.3 Å². The zero-order chi connectivity index (χ0) is 16.1. The van der Waals surface area contributed by atoms with Crippen molar-refractivity contribution < 1.29 is 4.79 Å². The molecule has 2 nitrogen and oxygen atoms in total. The van der Waals surface area contributed by atoms with E-state index < -0.39 is 0 Å². The molecule has 2 rings (SSSR count). The predicted octanol–water partition coefficient (Wildman–Crippen LogP) is 4.42. The monoisotopic (exact) mass is 295 g/mol. The Bertz CT molecular complexity index is 646. The second-order valence-corrected chi connectivity index (χ2v) is 6.07. The van der Waals surface area contributed by atoms with Gasteiger partial charge in [-0.1, -0.05) is 42.5 Å². The molecule has 0 aromatic heterocycles. The van der Waals surface area contributed by atoms with Crippen molar-refractivity contribution in [3.8, 4) is 0 Å². The maximum atomic E-state index is 12.2. The number of carbonyl (C=O) groups excluding carboxylic acids is 1. The van der Waals surface area contributed by atoms with Crippen molar-refractivity contribution in [2.45, 2.75) is 46.6 Å². The van der Waals surface area contributed by atoms with E-state index in [1.54, 1.807) is 0 Å². The Labute approximate surface area is 133 Å². The molecule has 0 aliphatic carbocycles. The van der Waals surface area contributed by atoms with Gasteiger partial charge in [0.2, 0.25) is 5.91 Å². The molecule has 1 amide bonds. The number of hydrogen-bond donors (Lipinski definition) is 1. The molecular weight excluding hydrogens is 270 g/mol. The van der Waals surface area contributed by atoms with Gasteiger partial charge in [0.1, 0.15) is 0 Å². The lowest BCUT2D eigenvalue weighted by Gasteiger charge is -2.18. The minimum atomic E-state index is 0.0440. The fraction of sp³-hybridized carbons (Fsp3) is 0.350. The van der Waals surface area contributed by atoms with Crippen molar-refractivity contribution in [3.63, 3.8) is 0 Å². The second kappa shape index (κ2) is 7.26. The molecule has 2 aromatic carbocycles. The molecule has 0 spiro atoms.